The summed E-state index contributed by atoms with van der Waals surface area (Å²) in [5.41, 5.74) is 1.71. The van der Waals surface area contributed by atoms with Crippen molar-refractivity contribution in [3.05, 3.63) is 35.7 Å². The van der Waals surface area contributed by atoms with Gasteiger partial charge in [0.1, 0.15) is 12.2 Å². The lowest BCUT2D eigenvalue weighted by molar-refractivity contribution is -0.122. The third-order valence-corrected chi connectivity index (χ3v) is 3.49. The number of para-hydroxylation sites is 1. The van der Waals surface area contributed by atoms with Gasteiger partial charge in [-0.15, -0.1) is 6.42 Å². The van der Waals surface area contributed by atoms with Crippen LogP contribution in [0.3, 0.4) is 0 Å². The van der Waals surface area contributed by atoms with Crippen LogP contribution >= 0.6 is 0 Å². The summed E-state index contributed by atoms with van der Waals surface area (Å²) in [5.74, 6) is 2.21. The fourth-order valence-corrected chi connectivity index (χ4v) is 2.46. The summed E-state index contributed by atoms with van der Waals surface area (Å²) in [6, 6.07) is 7.19. The maximum absolute atomic E-state index is 12.1. The van der Waals surface area contributed by atoms with Gasteiger partial charge in [-0.25, -0.2) is 4.79 Å². The molecule has 2 aromatic rings. The highest BCUT2D eigenvalue weighted by Crippen LogP contribution is 2.22. The van der Waals surface area contributed by atoms with Crippen LogP contribution in [0.1, 0.15) is 12.6 Å². The second kappa shape index (κ2) is 5.37. The Hall–Kier alpha value is -3.07. The van der Waals surface area contributed by atoms with Crippen molar-refractivity contribution in [1.82, 2.24) is 20.0 Å². The average Bonchev–Trinajstić information content (AvgIpc) is 2.99. The first-order valence-electron chi connectivity index (χ1n) is 6.89. The van der Waals surface area contributed by atoms with E-state index in [4.69, 9.17) is 6.42 Å². The number of carbonyl (C=O) groups excluding carboxylic acids is 2. The van der Waals surface area contributed by atoms with Crippen molar-refractivity contribution in [2.75, 3.05) is 6.54 Å². The van der Waals surface area contributed by atoms with Gasteiger partial charge in [0.25, 0.3) is 5.91 Å². The molecule has 0 unspecified atom stereocenters. The van der Waals surface area contributed by atoms with E-state index in [1.807, 2.05) is 24.3 Å². The van der Waals surface area contributed by atoms with Crippen molar-refractivity contribution in [3.63, 3.8) is 0 Å². The number of hydrogen-bond acceptors (Lipinski definition) is 3. The van der Waals surface area contributed by atoms with Crippen molar-refractivity contribution >= 4 is 28.9 Å². The molecule has 1 saturated heterocycles. The molecule has 22 heavy (non-hydrogen) atoms. The van der Waals surface area contributed by atoms with Crippen LogP contribution in [0.4, 0.5) is 4.79 Å². The van der Waals surface area contributed by atoms with Gasteiger partial charge in [0.2, 0.25) is 0 Å². The topological polar surface area (TPSA) is 67.2 Å². The number of nitrogens with one attached hydrogen (secondary N) is 1. The van der Waals surface area contributed by atoms with Crippen LogP contribution in [0, 0.1) is 12.3 Å². The van der Waals surface area contributed by atoms with Crippen molar-refractivity contribution in [1.29, 1.82) is 0 Å². The van der Waals surface area contributed by atoms with E-state index >= 15 is 0 Å². The zero-order valence-electron chi connectivity index (χ0n) is 12.0. The molecule has 1 aromatic heterocycles. The summed E-state index contributed by atoms with van der Waals surface area (Å²) >= 11 is 0. The summed E-state index contributed by atoms with van der Waals surface area (Å²) in [6.07, 6.45) is 6.95. The molecular formula is C16H14N4O2. The summed E-state index contributed by atoms with van der Waals surface area (Å²) in [6.45, 7) is 2.41. The second-order valence-electron chi connectivity index (χ2n) is 4.80. The Morgan fingerprint density at radius 2 is 2.14 bits per heavy atom. The Bertz CT molecular complexity index is 841. The summed E-state index contributed by atoms with van der Waals surface area (Å²) in [5, 5.41) is 7.87. The second-order valence-corrected chi connectivity index (χ2v) is 4.80. The third kappa shape index (κ3) is 2.13. The number of terminal acetylenes is 1. The minimum Gasteiger partial charge on any atom is -0.303 e. The first kappa shape index (κ1) is 13.9. The minimum absolute atomic E-state index is 0.225. The number of likely N-dealkylation sites (N-methyl/N-ethyl adjacent to an activating group) is 1. The largest absolute Gasteiger partial charge is 0.328 e. The minimum atomic E-state index is -0.411. The monoisotopic (exact) mass is 294 g/mol. The molecule has 1 aliphatic heterocycles. The molecule has 1 aromatic carbocycles. The number of carbonyl (C=O) groups is 2. The maximum atomic E-state index is 12.1. The number of rotatable bonds is 3. The van der Waals surface area contributed by atoms with Crippen molar-refractivity contribution in [2.45, 2.75) is 13.5 Å². The standard InChI is InChI=1S/C16H14N4O2/c1-3-9-20-14-8-6-5-7-11(14)12(18-20)10-13-15(21)19(4-2)16(22)17-13/h1,5-8,10H,4,9H2,2H3,(H,17,22)/b13-10-. The molecule has 2 heterocycles. The van der Waals surface area contributed by atoms with Gasteiger partial charge in [0.05, 0.1) is 11.2 Å². The predicted molar refractivity (Wildman–Crippen MR) is 82.5 cm³/mol. The maximum Gasteiger partial charge on any atom is 0.328 e. The van der Waals surface area contributed by atoms with Crippen molar-refractivity contribution in [3.8, 4) is 12.3 Å². The van der Waals surface area contributed by atoms with Crippen LogP contribution in [0.15, 0.2) is 30.0 Å². The average molecular weight is 294 g/mol. The molecule has 1 N–H and O–H groups in total. The smallest absolute Gasteiger partial charge is 0.303 e. The molecule has 0 aliphatic carbocycles. The number of imide groups is 1. The van der Waals surface area contributed by atoms with Crippen LogP contribution in [-0.2, 0) is 11.3 Å². The van der Waals surface area contributed by atoms with E-state index in [1.54, 1.807) is 17.7 Å². The van der Waals surface area contributed by atoms with Gasteiger partial charge in [-0.2, -0.15) is 5.10 Å². The third-order valence-electron chi connectivity index (χ3n) is 3.49. The lowest BCUT2D eigenvalue weighted by atomic mass is 10.2. The molecule has 0 atom stereocenters. The SMILES string of the molecule is C#CCn1nc(/C=C2\NC(=O)N(CC)C2=O)c2ccccc21. The Morgan fingerprint density at radius 1 is 1.36 bits per heavy atom. The van der Waals surface area contributed by atoms with Crippen LogP contribution in [0.2, 0.25) is 0 Å². The van der Waals surface area contributed by atoms with Gasteiger partial charge in [0.15, 0.2) is 0 Å². The Kier molecular flexibility index (Phi) is 3.39. The van der Waals surface area contributed by atoms with Crippen LogP contribution in [0.25, 0.3) is 17.0 Å². The van der Waals surface area contributed by atoms with Gasteiger partial charge < -0.3 is 5.32 Å². The number of fused-ring (bicyclic) bond motifs is 1. The molecule has 0 bridgehead atoms. The highest BCUT2D eigenvalue weighted by molar-refractivity contribution is 6.14. The van der Waals surface area contributed by atoms with Gasteiger partial charge in [-0.05, 0) is 19.1 Å². The molecule has 0 radical (unpaired) electrons. The predicted octanol–water partition coefficient (Wildman–Crippen LogP) is 1.58. The van der Waals surface area contributed by atoms with Crippen LogP contribution in [0.5, 0.6) is 0 Å². The van der Waals surface area contributed by atoms with Crippen molar-refractivity contribution in [2.24, 2.45) is 0 Å². The summed E-state index contributed by atoms with van der Waals surface area (Å²) < 4.78 is 1.70. The number of benzene rings is 1. The zero-order valence-corrected chi connectivity index (χ0v) is 12.0. The Morgan fingerprint density at radius 3 is 2.82 bits per heavy atom. The van der Waals surface area contributed by atoms with E-state index in [0.29, 0.717) is 18.8 Å². The van der Waals surface area contributed by atoms with Crippen molar-refractivity contribution < 1.29 is 9.59 Å². The number of nitrogens with zero attached hydrogens (tertiary/aromatic N) is 3. The van der Waals surface area contributed by atoms with Gasteiger partial charge in [-0.3, -0.25) is 14.4 Å². The molecular weight excluding hydrogens is 280 g/mol. The Balaban J connectivity index is 2.08. The number of aromatic nitrogens is 2. The number of amides is 3. The van der Waals surface area contributed by atoms with E-state index in [2.05, 4.69) is 16.3 Å². The van der Waals surface area contributed by atoms with E-state index < -0.39 is 6.03 Å². The van der Waals surface area contributed by atoms with E-state index in [1.165, 1.54) is 0 Å². The van der Waals surface area contributed by atoms with E-state index in [0.717, 1.165) is 15.8 Å². The number of urea groups is 1. The zero-order chi connectivity index (χ0) is 15.7. The van der Waals surface area contributed by atoms with E-state index in [9.17, 15) is 9.59 Å². The molecule has 3 amide bonds. The molecule has 3 rings (SSSR count). The molecule has 0 saturated carbocycles. The highest BCUT2D eigenvalue weighted by atomic mass is 16.2. The molecule has 6 heteroatoms. The fourth-order valence-electron chi connectivity index (χ4n) is 2.46. The Labute approximate surface area is 127 Å². The summed E-state index contributed by atoms with van der Waals surface area (Å²) in [4.78, 5) is 25.0. The highest BCUT2D eigenvalue weighted by Gasteiger charge is 2.32. The lowest BCUT2D eigenvalue weighted by Crippen LogP contribution is -2.30. The summed E-state index contributed by atoms with van der Waals surface area (Å²) in [7, 11) is 0. The van der Waals surface area contributed by atoms with Crippen LogP contribution in [-0.4, -0.2) is 33.2 Å². The number of hydrogen-bond donors (Lipinski definition) is 1. The molecule has 110 valence electrons. The molecule has 0 spiro atoms. The van der Waals surface area contributed by atoms with Gasteiger partial charge in [0, 0.05) is 11.9 Å². The lowest BCUT2D eigenvalue weighted by Gasteiger charge is -2.05. The molecule has 6 nitrogen and oxygen atoms in total. The first-order valence-corrected chi connectivity index (χ1v) is 6.89. The molecule has 1 fully saturated rings. The van der Waals surface area contributed by atoms with Crippen LogP contribution < -0.4 is 5.32 Å². The van der Waals surface area contributed by atoms with Gasteiger partial charge >= 0.3 is 6.03 Å². The fraction of sp³-hybridized carbons (Fsp3) is 0.188. The molecule has 1 aliphatic rings. The van der Waals surface area contributed by atoms with E-state index in [-0.39, 0.29) is 11.6 Å². The quantitative estimate of drug-likeness (QED) is 0.531. The first-order chi connectivity index (χ1) is 10.7. The van der Waals surface area contributed by atoms with Gasteiger partial charge in [-0.1, -0.05) is 24.1 Å². The normalized spacial score (nSPS) is 16.4.